The number of hydrogen-bond acceptors (Lipinski definition) is 3. The fraction of sp³-hybridized carbons (Fsp3) is 0.316. The molecule has 2 aromatic rings. The van der Waals surface area contributed by atoms with Gasteiger partial charge < -0.3 is 19.9 Å². The summed E-state index contributed by atoms with van der Waals surface area (Å²) in [6, 6.07) is 15.2. The molecule has 0 unspecified atom stereocenters. The largest absolute Gasteiger partial charge is 0.378 e. The SMILES string of the molecule is CN(C)c1ccc(NC(=O)N2CCO[C@H](c3ccc(Cl)cc3)C2)cc1. The van der Waals surface area contributed by atoms with Crippen LogP contribution >= 0.6 is 11.6 Å². The average Bonchev–Trinajstić information content (AvgIpc) is 2.63. The lowest BCUT2D eigenvalue weighted by molar-refractivity contribution is -0.0135. The Morgan fingerprint density at radius 2 is 1.84 bits per heavy atom. The van der Waals surface area contributed by atoms with Crippen LogP contribution < -0.4 is 10.2 Å². The molecule has 132 valence electrons. The number of morpholine rings is 1. The minimum absolute atomic E-state index is 0.111. The van der Waals surface area contributed by atoms with Gasteiger partial charge in [0.2, 0.25) is 0 Å². The van der Waals surface area contributed by atoms with Crippen LogP contribution in [0.1, 0.15) is 11.7 Å². The molecule has 0 aliphatic carbocycles. The first kappa shape index (κ1) is 17.6. The van der Waals surface area contributed by atoms with Crippen molar-refractivity contribution in [2.24, 2.45) is 0 Å². The van der Waals surface area contributed by atoms with Crippen LogP contribution in [0.3, 0.4) is 0 Å². The topological polar surface area (TPSA) is 44.8 Å². The molecule has 1 N–H and O–H groups in total. The molecule has 2 amide bonds. The summed E-state index contributed by atoms with van der Waals surface area (Å²) in [6.45, 7) is 1.61. The third kappa shape index (κ3) is 4.44. The van der Waals surface area contributed by atoms with Crippen molar-refractivity contribution < 1.29 is 9.53 Å². The normalized spacial score (nSPS) is 17.2. The molecule has 0 aromatic heterocycles. The van der Waals surface area contributed by atoms with Crippen molar-refractivity contribution >= 4 is 29.0 Å². The zero-order valence-corrected chi connectivity index (χ0v) is 15.2. The number of halogens is 1. The van der Waals surface area contributed by atoms with Gasteiger partial charge in [-0.1, -0.05) is 23.7 Å². The number of rotatable bonds is 3. The summed E-state index contributed by atoms with van der Waals surface area (Å²) in [5.74, 6) is 0. The Hall–Kier alpha value is -2.24. The van der Waals surface area contributed by atoms with Crippen LogP contribution in [0.2, 0.25) is 5.02 Å². The highest BCUT2D eigenvalue weighted by atomic mass is 35.5. The van der Waals surface area contributed by atoms with Crippen molar-refractivity contribution in [1.82, 2.24) is 4.90 Å². The standard InChI is InChI=1S/C19H22ClN3O2/c1-22(2)17-9-7-16(8-10-17)21-19(24)23-11-12-25-18(13-23)14-3-5-15(20)6-4-14/h3-10,18H,11-13H2,1-2H3,(H,21,24)/t18-/m0/s1. The van der Waals surface area contributed by atoms with Crippen molar-refractivity contribution in [2.75, 3.05) is 44.0 Å². The van der Waals surface area contributed by atoms with Crippen LogP contribution in [0, 0.1) is 0 Å². The van der Waals surface area contributed by atoms with E-state index in [1.807, 2.05) is 67.5 Å². The van der Waals surface area contributed by atoms with Crippen molar-refractivity contribution in [1.29, 1.82) is 0 Å². The van der Waals surface area contributed by atoms with Gasteiger partial charge in [-0.15, -0.1) is 0 Å². The molecule has 1 aliphatic heterocycles. The van der Waals surface area contributed by atoms with E-state index in [9.17, 15) is 4.79 Å². The number of nitrogens with one attached hydrogen (secondary N) is 1. The predicted molar refractivity (Wildman–Crippen MR) is 102 cm³/mol. The van der Waals surface area contributed by atoms with Gasteiger partial charge in [-0.05, 0) is 42.0 Å². The molecule has 0 saturated carbocycles. The van der Waals surface area contributed by atoms with E-state index in [0.717, 1.165) is 16.9 Å². The number of anilines is 2. The summed E-state index contributed by atoms with van der Waals surface area (Å²) in [5, 5.41) is 3.64. The van der Waals surface area contributed by atoms with Gasteiger partial charge >= 0.3 is 6.03 Å². The molecule has 0 bridgehead atoms. The lowest BCUT2D eigenvalue weighted by atomic mass is 10.1. The Morgan fingerprint density at radius 1 is 1.16 bits per heavy atom. The van der Waals surface area contributed by atoms with Crippen molar-refractivity contribution in [3.05, 3.63) is 59.1 Å². The molecule has 2 aromatic carbocycles. The van der Waals surface area contributed by atoms with Gasteiger partial charge in [0.1, 0.15) is 6.10 Å². The molecule has 5 nitrogen and oxygen atoms in total. The Morgan fingerprint density at radius 3 is 2.48 bits per heavy atom. The first-order valence-corrected chi connectivity index (χ1v) is 8.61. The molecule has 1 atom stereocenters. The molecule has 0 radical (unpaired) electrons. The monoisotopic (exact) mass is 359 g/mol. The van der Waals surface area contributed by atoms with Crippen LogP contribution in [0.25, 0.3) is 0 Å². The van der Waals surface area contributed by atoms with E-state index in [1.54, 1.807) is 4.90 Å². The Balaban J connectivity index is 1.62. The molecular weight excluding hydrogens is 338 g/mol. The maximum absolute atomic E-state index is 12.5. The molecule has 0 spiro atoms. The van der Waals surface area contributed by atoms with Gasteiger partial charge in [-0.3, -0.25) is 0 Å². The van der Waals surface area contributed by atoms with E-state index in [1.165, 1.54) is 0 Å². The van der Waals surface area contributed by atoms with Gasteiger partial charge in [0, 0.05) is 37.0 Å². The Labute approximate surface area is 153 Å². The lowest BCUT2D eigenvalue weighted by Gasteiger charge is -2.33. The first-order valence-electron chi connectivity index (χ1n) is 8.23. The number of ether oxygens (including phenoxy) is 1. The minimum atomic E-state index is -0.132. The molecule has 1 saturated heterocycles. The molecule has 3 rings (SSSR count). The summed E-state index contributed by atoms with van der Waals surface area (Å²) in [7, 11) is 3.97. The highest BCUT2D eigenvalue weighted by molar-refractivity contribution is 6.30. The molecule has 1 heterocycles. The minimum Gasteiger partial charge on any atom is -0.378 e. The van der Waals surface area contributed by atoms with E-state index >= 15 is 0 Å². The van der Waals surface area contributed by atoms with Gasteiger partial charge in [-0.25, -0.2) is 4.79 Å². The number of carbonyl (C=O) groups excluding carboxylic acids is 1. The second-order valence-electron chi connectivity index (χ2n) is 6.23. The zero-order valence-electron chi connectivity index (χ0n) is 14.4. The van der Waals surface area contributed by atoms with Gasteiger partial charge in [0.15, 0.2) is 0 Å². The van der Waals surface area contributed by atoms with Crippen LogP contribution in [0.15, 0.2) is 48.5 Å². The van der Waals surface area contributed by atoms with Crippen molar-refractivity contribution in [2.45, 2.75) is 6.10 Å². The molecule has 25 heavy (non-hydrogen) atoms. The van der Waals surface area contributed by atoms with E-state index < -0.39 is 0 Å². The number of benzene rings is 2. The molecule has 6 heteroatoms. The van der Waals surface area contributed by atoms with Gasteiger partial charge in [-0.2, -0.15) is 0 Å². The van der Waals surface area contributed by atoms with Crippen molar-refractivity contribution in [3.8, 4) is 0 Å². The Kier molecular flexibility index (Phi) is 5.46. The Bertz CT molecular complexity index is 716. The van der Waals surface area contributed by atoms with Crippen LogP contribution in [-0.2, 0) is 4.74 Å². The number of urea groups is 1. The summed E-state index contributed by atoms with van der Waals surface area (Å²) >= 11 is 5.93. The molecule has 1 aliphatic rings. The number of hydrogen-bond donors (Lipinski definition) is 1. The van der Waals surface area contributed by atoms with Crippen LogP contribution in [0.5, 0.6) is 0 Å². The summed E-state index contributed by atoms with van der Waals surface area (Å²) < 4.78 is 5.81. The quantitative estimate of drug-likeness (QED) is 0.900. The van der Waals surface area contributed by atoms with Crippen molar-refractivity contribution in [3.63, 3.8) is 0 Å². The fourth-order valence-electron chi connectivity index (χ4n) is 2.76. The number of amides is 2. The summed E-state index contributed by atoms with van der Waals surface area (Å²) in [6.07, 6.45) is -0.132. The van der Waals surface area contributed by atoms with E-state index in [4.69, 9.17) is 16.3 Å². The third-order valence-corrected chi connectivity index (χ3v) is 4.48. The predicted octanol–water partition coefficient (Wildman–Crippen LogP) is 4.01. The first-order chi connectivity index (χ1) is 12.0. The van der Waals surface area contributed by atoms with E-state index in [-0.39, 0.29) is 12.1 Å². The second-order valence-corrected chi connectivity index (χ2v) is 6.66. The smallest absolute Gasteiger partial charge is 0.322 e. The maximum Gasteiger partial charge on any atom is 0.322 e. The van der Waals surface area contributed by atoms with E-state index in [2.05, 4.69) is 5.32 Å². The summed E-state index contributed by atoms with van der Waals surface area (Å²) in [5.41, 5.74) is 2.90. The highest BCUT2D eigenvalue weighted by Crippen LogP contribution is 2.24. The summed E-state index contributed by atoms with van der Waals surface area (Å²) in [4.78, 5) is 16.3. The number of carbonyl (C=O) groups is 1. The molecule has 1 fully saturated rings. The van der Waals surface area contributed by atoms with E-state index in [0.29, 0.717) is 24.7 Å². The second kappa shape index (κ2) is 7.76. The maximum atomic E-state index is 12.5. The number of nitrogens with zero attached hydrogens (tertiary/aromatic N) is 2. The average molecular weight is 360 g/mol. The lowest BCUT2D eigenvalue weighted by Crippen LogP contribution is -2.44. The van der Waals surface area contributed by atoms with Gasteiger partial charge in [0.05, 0.1) is 13.2 Å². The molecular formula is C19H22ClN3O2. The third-order valence-electron chi connectivity index (χ3n) is 4.23. The van der Waals surface area contributed by atoms with Crippen LogP contribution in [-0.4, -0.2) is 44.7 Å². The fourth-order valence-corrected chi connectivity index (χ4v) is 2.88. The van der Waals surface area contributed by atoms with Gasteiger partial charge in [0.25, 0.3) is 0 Å². The zero-order chi connectivity index (χ0) is 17.8. The highest BCUT2D eigenvalue weighted by Gasteiger charge is 2.25. The van der Waals surface area contributed by atoms with Crippen LogP contribution in [0.4, 0.5) is 16.2 Å².